The summed E-state index contributed by atoms with van der Waals surface area (Å²) in [6, 6.07) is 18.2. The van der Waals surface area contributed by atoms with Crippen LogP contribution in [0.3, 0.4) is 0 Å². The SMILES string of the molecule is CC(C(N)C(=O)OC(C)(C)C)N1CCC(c2ccccc2)CC1c1ccc(OCBr)cc1. The lowest BCUT2D eigenvalue weighted by atomic mass is 9.81. The Morgan fingerprint density at radius 3 is 2.38 bits per heavy atom. The van der Waals surface area contributed by atoms with Gasteiger partial charge in [-0.1, -0.05) is 42.5 Å². The molecular formula is C26H35BrN2O3. The van der Waals surface area contributed by atoms with Crippen LogP contribution >= 0.6 is 15.9 Å². The van der Waals surface area contributed by atoms with E-state index in [0.29, 0.717) is 11.4 Å². The molecule has 2 aromatic carbocycles. The molecule has 2 N–H and O–H groups in total. The summed E-state index contributed by atoms with van der Waals surface area (Å²) in [7, 11) is 0. The minimum absolute atomic E-state index is 0.148. The molecule has 2 aromatic rings. The first-order valence-electron chi connectivity index (χ1n) is 11.3. The number of hydrogen-bond donors (Lipinski definition) is 1. The van der Waals surface area contributed by atoms with Crippen LogP contribution in [0, 0.1) is 0 Å². The van der Waals surface area contributed by atoms with Crippen LogP contribution in [0.2, 0.25) is 0 Å². The minimum atomic E-state index is -0.707. The van der Waals surface area contributed by atoms with E-state index in [1.807, 2.05) is 39.8 Å². The zero-order valence-electron chi connectivity index (χ0n) is 19.5. The number of benzene rings is 2. The Kier molecular flexibility index (Phi) is 8.37. The molecular weight excluding hydrogens is 468 g/mol. The van der Waals surface area contributed by atoms with Gasteiger partial charge < -0.3 is 15.2 Å². The Labute approximate surface area is 200 Å². The van der Waals surface area contributed by atoms with Crippen LogP contribution in [0.15, 0.2) is 54.6 Å². The first-order valence-corrected chi connectivity index (χ1v) is 12.4. The van der Waals surface area contributed by atoms with E-state index >= 15 is 0 Å². The van der Waals surface area contributed by atoms with Crippen molar-refractivity contribution in [1.29, 1.82) is 0 Å². The maximum atomic E-state index is 12.7. The summed E-state index contributed by atoms with van der Waals surface area (Å²) >= 11 is 3.31. The average Bonchev–Trinajstić information content (AvgIpc) is 2.78. The van der Waals surface area contributed by atoms with Crippen LogP contribution < -0.4 is 10.5 Å². The number of esters is 1. The largest absolute Gasteiger partial charge is 0.482 e. The highest BCUT2D eigenvalue weighted by molar-refractivity contribution is 9.09. The van der Waals surface area contributed by atoms with Gasteiger partial charge in [-0.25, -0.2) is 0 Å². The molecule has 0 aromatic heterocycles. The van der Waals surface area contributed by atoms with Crippen LogP contribution in [-0.2, 0) is 9.53 Å². The van der Waals surface area contributed by atoms with Gasteiger partial charge in [0, 0.05) is 12.1 Å². The van der Waals surface area contributed by atoms with E-state index in [1.165, 1.54) is 11.1 Å². The predicted octanol–water partition coefficient (Wildman–Crippen LogP) is 5.40. The number of rotatable bonds is 7. The summed E-state index contributed by atoms with van der Waals surface area (Å²) < 4.78 is 11.1. The average molecular weight is 503 g/mol. The number of piperidine rings is 1. The highest BCUT2D eigenvalue weighted by atomic mass is 79.9. The summed E-state index contributed by atoms with van der Waals surface area (Å²) in [6.07, 6.45) is 1.99. The van der Waals surface area contributed by atoms with E-state index in [4.69, 9.17) is 15.2 Å². The molecule has 0 spiro atoms. The van der Waals surface area contributed by atoms with Gasteiger partial charge >= 0.3 is 5.97 Å². The zero-order valence-corrected chi connectivity index (χ0v) is 21.0. The van der Waals surface area contributed by atoms with Gasteiger partial charge in [0.15, 0.2) is 0 Å². The fourth-order valence-corrected chi connectivity index (χ4v) is 4.71. The quantitative estimate of drug-likeness (QED) is 0.405. The third-order valence-electron chi connectivity index (χ3n) is 6.12. The summed E-state index contributed by atoms with van der Waals surface area (Å²) in [6.45, 7) is 8.50. The molecule has 4 unspecified atom stereocenters. The van der Waals surface area contributed by atoms with Crippen molar-refractivity contribution in [1.82, 2.24) is 4.90 Å². The molecule has 1 heterocycles. The number of alkyl halides is 1. The molecule has 1 aliphatic heterocycles. The molecule has 1 aliphatic rings. The van der Waals surface area contributed by atoms with Gasteiger partial charge in [0.2, 0.25) is 0 Å². The summed E-state index contributed by atoms with van der Waals surface area (Å²) in [5.41, 5.74) is 8.88. The fraction of sp³-hybridized carbons (Fsp3) is 0.500. The van der Waals surface area contributed by atoms with E-state index in [-0.39, 0.29) is 18.1 Å². The summed E-state index contributed by atoms with van der Waals surface area (Å²) in [5, 5.41) is 0. The van der Waals surface area contributed by atoms with Gasteiger partial charge in [0.1, 0.15) is 22.9 Å². The van der Waals surface area contributed by atoms with E-state index in [1.54, 1.807) is 0 Å². The van der Waals surface area contributed by atoms with E-state index in [0.717, 1.165) is 25.1 Å². The van der Waals surface area contributed by atoms with E-state index in [9.17, 15) is 4.79 Å². The molecule has 0 saturated carbocycles. The highest BCUT2D eigenvalue weighted by Crippen LogP contribution is 2.41. The van der Waals surface area contributed by atoms with Gasteiger partial charge in [0.25, 0.3) is 0 Å². The molecule has 3 rings (SSSR count). The van der Waals surface area contributed by atoms with Gasteiger partial charge in [-0.3, -0.25) is 9.69 Å². The number of nitrogens with two attached hydrogens (primary N) is 1. The van der Waals surface area contributed by atoms with Crippen molar-refractivity contribution < 1.29 is 14.3 Å². The topological polar surface area (TPSA) is 64.8 Å². The van der Waals surface area contributed by atoms with Crippen LogP contribution in [0.25, 0.3) is 0 Å². The predicted molar refractivity (Wildman–Crippen MR) is 132 cm³/mol. The number of halogens is 1. The fourth-order valence-electron chi connectivity index (χ4n) is 4.45. The van der Waals surface area contributed by atoms with Gasteiger partial charge in [-0.15, -0.1) is 0 Å². The third-order valence-corrected chi connectivity index (χ3v) is 6.35. The molecule has 1 fully saturated rings. The zero-order chi connectivity index (χ0) is 23.3. The summed E-state index contributed by atoms with van der Waals surface area (Å²) in [4.78, 5) is 15.1. The lowest BCUT2D eigenvalue weighted by Crippen LogP contribution is -2.54. The van der Waals surface area contributed by atoms with Crippen LogP contribution in [0.1, 0.15) is 63.6 Å². The molecule has 6 heteroatoms. The van der Waals surface area contributed by atoms with Gasteiger partial charge in [-0.2, -0.15) is 0 Å². The monoisotopic (exact) mass is 502 g/mol. The van der Waals surface area contributed by atoms with Crippen molar-refractivity contribution in [2.45, 2.75) is 70.2 Å². The number of ether oxygens (including phenoxy) is 2. The normalized spacial score (nSPS) is 21.6. The molecule has 0 bridgehead atoms. The number of hydrogen-bond acceptors (Lipinski definition) is 5. The molecule has 1 saturated heterocycles. The van der Waals surface area contributed by atoms with Crippen molar-refractivity contribution in [3.8, 4) is 5.75 Å². The second kappa shape index (κ2) is 10.8. The van der Waals surface area contributed by atoms with Crippen molar-refractivity contribution in [3.63, 3.8) is 0 Å². The smallest absolute Gasteiger partial charge is 0.325 e. The second-order valence-corrected chi connectivity index (χ2v) is 9.97. The van der Waals surface area contributed by atoms with Crippen molar-refractivity contribution in [2.75, 3.05) is 12.1 Å². The molecule has 5 nitrogen and oxygen atoms in total. The Morgan fingerprint density at radius 1 is 1.12 bits per heavy atom. The molecule has 4 atom stereocenters. The Balaban J connectivity index is 1.85. The number of carbonyl (C=O) groups is 1. The van der Waals surface area contributed by atoms with Crippen molar-refractivity contribution in [3.05, 3.63) is 65.7 Å². The van der Waals surface area contributed by atoms with Crippen LogP contribution in [0.5, 0.6) is 5.75 Å². The Hall–Kier alpha value is -1.89. The molecule has 32 heavy (non-hydrogen) atoms. The first kappa shape index (κ1) is 24.7. The number of nitrogens with zero attached hydrogens (tertiary/aromatic N) is 1. The molecule has 0 amide bonds. The standard InChI is InChI=1S/C26H35BrN2O3/c1-18(24(28)25(30)32-26(2,3)4)29-15-14-21(19-8-6-5-7-9-19)16-23(29)20-10-12-22(13-11-20)31-17-27/h5-13,18,21,23-24H,14-17,28H2,1-4H3. The first-order chi connectivity index (χ1) is 15.2. The summed E-state index contributed by atoms with van der Waals surface area (Å²) in [5.74, 6) is 0.932. The second-order valence-electron chi connectivity index (χ2n) is 9.51. The highest BCUT2D eigenvalue weighted by Gasteiger charge is 2.38. The lowest BCUT2D eigenvalue weighted by molar-refractivity contribution is -0.158. The van der Waals surface area contributed by atoms with E-state index in [2.05, 4.69) is 63.3 Å². The van der Waals surface area contributed by atoms with Gasteiger partial charge in [-0.05, 0) is 92.2 Å². The number of likely N-dealkylation sites (tertiary alicyclic amines) is 1. The lowest BCUT2D eigenvalue weighted by Gasteiger charge is -2.44. The number of carbonyl (C=O) groups excluding carboxylic acids is 1. The Morgan fingerprint density at radius 2 is 1.78 bits per heavy atom. The molecule has 0 aliphatic carbocycles. The third kappa shape index (κ3) is 6.33. The minimum Gasteiger partial charge on any atom is -0.482 e. The maximum absolute atomic E-state index is 12.7. The maximum Gasteiger partial charge on any atom is 0.325 e. The van der Waals surface area contributed by atoms with Gasteiger partial charge in [0.05, 0.1) is 0 Å². The molecule has 0 radical (unpaired) electrons. The van der Waals surface area contributed by atoms with Crippen LogP contribution in [-0.4, -0.2) is 40.6 Å². The Bertz CT molecular complexity index is 867. The van der Waals surface area contributed by atoms with Crippen molar-refractivity contribution in [2.24, 2.45) is 5.73 Å². The van der Waals surface area contributed by atoms with Crippen LogP contribution in [0.4, 0.5) is 0 Å². The van der Waals surface area contributed by atoms with Crippen molar-refractivity contribution >= 4 is 21.9 Å². The molecule has 174 valence electrons. The van der Waals surface area contributed by atoms with E-state index < -0.39 is 11.6 Å².